The van der Waals surface area contributed by atoms with E-state index in [0.29, 0.717) is 10.7 Å². The molecule has 1 aliphatic heterocycles. The van der Waals surface area contributed by atoms with Crippen LogP contribution < -0.4 is 0 Å². The van der Waals surface area contributed by atoms with Crippen LogP contribution in [0.5, 0.6) is 0 Å². The molecule has 0 saturated carbocycles. The van der Waals surface area contributed by atoms with Crippen molar-refractivity contribution in [1.82, 2.24) is 0 Å². The third kappa shape index (κ3) is 3.61. The Morgan fingerprint density at radius 2 is 0.957 bits per heavy atom. The minimum absolute atomic E-state index is 0.215. The van der Waals surface area contributed by atoms with Crippen molar-refractivity contribution in [3.63, 3.8) is 0 Å². The second kappa shape index (κ2) is 9.37. The van der Waals surface area contributed by atoms with Crippen molar-refractivity contribution in [2.45, 2.75) is 129 Å². The van der Waals surface area contributed by atoms with Crippen LogP contribution in [0.15, 0.2) is 4.90 Å². The van der Waals surface area contributed by atoms with Gasteiger partial charge in [0.25, 0.3) is 0 Å². The molecule has 2 heteroatoms. The summed E-state index contributed by atoms with van der Waals surface area (Å²) < 4.78 is 0. The molecule has 0 N–H and O–H groups in total. The predicted octanol–water partition coefficient (Wildman–Crippen LogP) is 7.57. The summed E-state index contributed by atoms with van der Waals surface area (Å²) in [5, 5.41) is 0.354. The van der Waals surface area contributed by atoms with Crippen LogP contribution in [0, 0.1) is 5.41 Å². The zero-order valence-electron chi connectivity index (χ0n) is 17.0. The summed E-state index contributed by atoms with van der Waals surface area (Å²) >= 11 is 0. The van der Waals surface area contributed by atoms with E-state index in [9.17, 15) is 0 Å². The molecule has 0 aliphatic carbocycles. The van der Waals surface area contributed by atoms with Gasteiger partial charge in [-0.15, -0.1) is 0 Å². The van der Waals surface area contributed by atoms with Gasteiger partial charge in [-0.2, -0.15) is 0 Å². The molecule has 0 amide bonds. The fraction of sp³-hybridized carbons (Fsp3) is 1.00. The summed E-state index contributed by atoms with van der Waals surface area (Å²) in [6.45, 7) is 14.2. The average molecular weight is 319 g/mol. The maximum atomic E-state index is 5.40. The van der Waals surface area contributed by atoms with Crippen LogP contribution in [0.4, 0.5) is 0 Å². The molecule has 0 aromatic rings. The Kier molecular flexibility index (Phi) is 8.52. The molecule has 0 atom stereocenters. The standard InChI is InChI=1S/C21H42BN/c1-7-13-19(14-8-2)20(15-9-3,16-10-4)22-23-21(19,17-11-5)18-12-6/h7-18H2,1-6H3. The molecule has 0 unspecified atom stereocenters. The van der Waals surface area contributed by atoms with Crippen molar-refractivity contribution in [3.8, 4) is 0 Å². The van der Waals surface area contributed by atoms with Crippen molar-refractivity contribution in [2.24, 2.45) is 10.3 Å². The van der Waals surface area contributed by atoms with Gasteiger partial charge in [0, 0.05) is 0 Å². The molecule has 0 radical (unpaired) electrons. The van der Waals surface area contributed by atoms with Crippen molar-refractivity contribution in [2.75, 3.05) is 0 Å². The Hall–Kier alpha value is -0.135. The molecule has 1 rings (SSSR count). The fourth-order valence-corrected chi connectivity index (χ4v) is 6.08. The fourth-order valence-electron chi connectivity index (χ4n) is 6.08. The van der Waals surface area contributed by atoms with Crippen LogP contribution >= 0.6 is 0 Å². The molecule has 0 bridgehead atoms. The molecule has 0 aromatic carbocycles. The number of rotatable bonds is 12. The van der Waals surface area contributed by atoms with Gasteiger partial charge >= 0.3 is 147 Å². The van der Waals surface area contributed by atoms with Gasteiger partial charge < -0.3 is 0 Å². The van der Waals surface area contributed by atoms with Crippen LogP contribution in [0.2, 0.25) is 5.31 Å². The first-order valence-electron chi connectivity index (χ1n) is 10.6. The summed E-state index contributed by atoms with van der Waals surface area (Å²) in [4.78, 5) is 5.40. The Labute approximate surface area is 147 Å². The second-order valence-corrected chi connectivity index (χ2v) is 8.03. The first-order valence-corrected chi connectivity index (χ1v) is 10.6. The van der Waals surface area contributed by atoms with Crippen LogP contribution in [0.25, 0.3) is 0 Å². The molecule has 23 heavy (non-hydrogen) atoms. The first-order chi connectivity index (χ1) is 11.1. The Morgan fingerprint density at radius 3 is 1.30 bits per heavy atom. The van der Waals surface area contributed by atoms with Crippen LogP contribution in [-0.4, -0.2) is 12.6 Å². The van der Waals surface area contributed by atoms with E-state index in [4.69, 9.17) is 4.90 Å². The maximum absolute atomic E-state index is 5.40. The van der Waals surface area contributed by atoms with E-state index in [2.05, 4.69) is 48.6 Å². The molecular weight excluding hydrogens is 277 g/mol. The second-order valence-electron chi connectivity index (χ2n) is 8.03. The van der Waals surface area contributed by atoms with E-state index < -0.39 is 0 Å². The van der Waals surface area contributed by atoms with E-state index in [0.717, 1.165) is 0 Å². The number of hydrogen-bond acceptors (Lipinski definition) is 1. The predicted molar refractivity (Wildman–Crippen MR) is 105 cm³/mol. The third-order valence-corrected chi connectivity index (χ3v) is 6.48. The summed E-state index contributed by atoms with van der Waals surface area (Å²) in [6.07, 6.45) is 15.7. The SMILES string of the molecule is CCCC1(CCC)B=NC(CCC)(CCC)C1(CCC)CCC. The summed E-state index contributed by atoms with van der Waals surface area (Å²) in [7, 11) is 2.48. The summed E-state index contributed by atoms with van der Waals surface area (Å²) in [5.74, 6) is 0. The zero-order chi connectivity index (χ0) is 17.4. The average Bonchev–Trinajstić information content (AvgIpc) is 2.74. The summed E-state index contributed by atoms with van der Waals surface area (Å²) in [5.41, 5.74) is 0.619. The topological polar surface area (TPSA) is 12.4 Å². The molecule has 1 nitrogen and oxygen atoms in total. The molecule has 0 aromatic heterocycles. The normalized spacial score (nSPS) is 20.6. The van der Waals surface area contributed by atoms with Crippen molar-refractivity contribution in [3.05, 3.63) is 0 Å². The van der Waals surface area contributed by atoms with Gasteiger partial charge in [0.05, 0.1) is 0 Å². The molecule has 1 heterocycles. The van der Waals surface area contributed by atoms with E-state index in [-0.39, 0.29) is 5.54 Å². The number of hydrogen-bond donors (Lipinski definition) is 0. The summed E-state index contributed by atoms with van der Waals surface area (Å²) in [6, 6.07) is 0. The van der Waals surface area contributed by atoms with E-state index in [1.807, 2.05) is 0 Å². The van der Waals surface area contributed by atoms with Gasteiger partial charge in [0.15, 0.2) is 0 Å². The van der Waals surface area contributed by atoms with Crippen LogP contribution in [0.1, 0.15) is 119 Å². The van der Waals surface area contributed by atoms with Gasteiger partial charge in [0.1, 0.15) is 0 Å². The Balaban J connectivity index is 3.48. The van der Waals surface area contributed by atoms with Crippen molar-refractivity contribution < 1.29 is 0 Å². The Bertz CT molecular complexity index is 315. The van der Waals surface area contributed by atoms with Gasteiger partial charge in [-0.25, -0.2) is 0 Å². The van der Waals surface area contributed by atoms with Crippen molar-refractivity contribution in [1.29, 1.82) is 0 Å². The van der Waals surface area contributed by atoms with Gasteiger partial charge in [-0.3, -0.25) is 0 Å². The van der Waals surface area contributed by atoms with Crippen LogP contribution in [0.3, 0.4) is 0 Å². The van der Waals surface area contributed by atoms with Gasteiger partial charge in [-0.1, -0.05) is 0 Å². The van der Waals surface area contributed by atoms with Gasteiger partial charge in [-0.05, 0) is 0 Å². The third-order valence-electron chi connectivity index (χ3n) is 6.48. The van der Waals surface area contributed by atoms with Crippen LogP contribution in [-0.2, 0) is 0 Å². The van der Waals surface area contributed by atoms with Crippen molar-refractivity contribution >= 4 is 7.07 Å². The molecule has 0 fully saturated rings. The molecule has 134 valence electrons. The monoisotopic (exact) mass is 319 g/mol. The quantitative estimate of drug-likeness (QED) is 0.329. The minimum atomic E-state index is 0.215. The van der Waals surface area contributed by atoms with E-state index >= 15 is 0 Å². The first kappa shape index (κ1) is 20.9. The number of nitrogens with zero attached hydrogens (tertiary/aromatic N) is 1. The molecule has 1 aliphatic rings. The van der Waals surface area contributed by atoms with Gasteiger partial charge in [0.2, 0.25) is 0 Å². The molecule has 0 saturated heterocycles. The zero-order valence-corrected chi connectivity index (χ0v) is 17.0. The molecular formula is C21H42BN. The Morgan fingerprint density at radius 1 is 0.565 bits per heavy atom. The van der Waals surface area contributed by atoms with E-state index in [1.54, 1.807) is 0 Å². The molecule has 0 spiro atoms. The van der Waals surface area contributed by atoms with E-state index in [1.165, 1.54) is 77.0 Å².